The van der Waals surface area contributed by atoms with Crippen LogP contribution in [-0.2, 0) is 11.2 Å². The van der Waals surface area contributed by atoms with E-state index in [0.29, 0.717) is 12.3 Å². The molecule has 5 heteroatoms. The van der Waals surface area contributed by atoms with Gasteiger partial charge in [0.1, 0.15) is 0 Å². The fraction of sp³-hybridized carbons (Fsp3) is 0.250. The van der Waals surface area contributed by atoms with Crippen LogP contribution in [-0.4, -0.2) is 27.3 Å². The number of hydrogen-bond acceptors (Lipinski definition) is 4. The zero-order chi connectivity index (χ0) is 17.6. The van der Waals surface area contributed by atoms with Crippen LogP contribution in [0.2, 0.25) is 0 Å². The third kappa shape index (κ3) is 4.32. The minimum Gasteiger partial charge on any atom is -0.461 e. The highest BCUT2D eigenvalue weighted by molar-refractivity contribution is 5.87. The molecule has 3 aromatic rings. The van der Waals surface area contributed by atoms with Crippen molar-refractivity contribution in [3.8, 4) is 5.69 Å². The topological polar surface area (TPSA) is 57.0 Å². The van der Waals surface area contributed by atoms with Gasteiger partial charge in [-0.3, -0.25) is 4.98 Å². The van der Waals surface area contributed by atoms with Crippen molar-refractivity contribution < 1.29 is 9.53 Å². The van der Waals surface area contributed by atoms with Crippen molar-refractivity contribution in [1.82, 2.24) is 14.8 Å². The van der Waals surface area contributed by atoms with Crippen LogP contribution < -0.4 is 0 Å². The molecule has 1 aromatic carbocycles. The Balaban J connectivity index is 1.55. The van der Waals surface area contributed by atoms with Gasteiger partial charge in [-0.2, -0.15) is 5.10 Å². The molecule has 0 aliphatic carbocycles. The van der Waals surface area contributed by atoms with E-state index < -0.39 is 5.97 Å². The number of carbonyl (C=O) groups is 1. The lowest BCUT2D eigenvalue weighted by Gasteiger charge is -2.04. The van der Waals surface area contributed by atoms with Crippen LogP contribution in [0.4, 0.5) is 0 Å². The lowest BCUT2D eigenvalue weighted by Crippen LogP contribution is -2.09. The normalized spacial score (nSPS) is 10.6. The Morgan fingerprint density at radius 2 is 1.88 bits per heavy atom. The summed E-state index contributed by atoms with van der Waals surface area (Å²) in [6, 6.07) is 17.4. The zero-order valence-electron chi connectivity index (χ0n) is 14.5. The lowest BCUT2D eigenvalue weighted by atomic mass is 10.2. The summed E-state index contributed by atoms with van der Waals surface area (Å²) in [5.74, 6) is -0.394. The standard InChI is InChI=1S/C20H21N3O2/c1-15-8-6-9-17(21-15)10-7-13-25-20(24)19-14-16(2)23(22-19)18-11-4-3-5-12-18/h3-6,8-9,11-12,14H,7,10,13H2,1-2H3. The maximum absolute atomic E-state index is 12.2. The Kier molecular flexibility index (Phi) is 5.23. The van der Waals surface area contributed by atoms with Gasteiger partial charge in [-0.05, 0) is 57.0 Å². The summed E-state index contributed by atoms with van der Waals surface area (Å²) in [7, 11) is 0. The van der Waals surface area contributed by atoms with E-state index >= 15 is 0 Å². The molecule has 3 rings (SSSR count). The number of aromatic nitrogens is 3. The van der Waals surface area contributed by atoms with Crippen LogP contribution in [0.5, 0.6) is 0 Å². The van der Waals surface area contributed by atoms with E-state index in [2.05, 4.69) is 10.1 Å². The van der Waals surface area contributed by atoms with Gasteiger partial charge in [0.05, 0.1) is 12.3 Å². The minimum atomic E-state index is -0.394. The second-order valence-corrected chi connectivity index (χ2v) is 5.93. The molecule has 25 heavy (non-hydrogen) atoms. The lowest BCUT2D eigenvalue weighted by molar-refractivity contribution is 0.0493. The maximum atomic E-state index is 12.2. The van der Waals surface area contributed by atoms with Gasteiger partial charge in [0.15, 0.2) is 5.69 Å². The molecule has 2 aromatic heterocycles. The number of nitrogens with zero attached hydrogens (tertiary/aromatic N) is 3. The van der Waals surface area contributed by atoms with Crippen molar-refractivity contribution in [2.75, 3.05) is 6.61 Å². The second-order valence-electron chi connectivity index (χ2n) is 5.93. The summed E-state index contributed by atoms with van der Waals surface area (Å²) in [6.07, 6.45) is 1.52. The fourth-order valence-electron chi connectivity index (χ4n) is 2.64. The second kappa shape index (κ2) is 7.75. The highest BCUT2D eigenvalue weighted by Crippen LogP contribution is 2.12. The molecule has 0 fully saturated rings. The van der Waals surface area contributed by atoms with E-state index in [1.807, 2.05) is 62.4 Å². The maximum Gasteiger partial charge on any atom is 0.358 e. The molecule has 0 saturated heterocycles. The van der Waals surface area contributed by atoms with Gasteiger partial charge in [0.25, 0.3) is 0 Å². The molecule has 5 nitrogen and oxygen atoms in total. The van der Waals surface area contributed by atoms with Crippen molar-refractivity contribution in [3.05, 3.63) is 77.4 Å². The Morgan fingerprint density at radius 1 is 1.08 bits per heavy atom. The van der Waals surface area contributed by atoms with E-state index in [9.17, 15) is 4.79 Å². The van der Waals surface area contributed by atoms with Gasteiger partial charge >= 0.3 is 5.97 Å². The van der Waals surface area contributed by atoms with Crippen molar-refractivity contribution in [3.63, 3.8) is 0 Å². The first kappa shape index (κ1) is 16.9. The third-order valence-corrected chi connectivity index (χ3v) is 3.85. The number of carbonyl (C=O) groups excluding carboxylic acids is 1. The highest BCUT2D eigenvalue weighted by atomic mass is 16.5. The average Bonchev–Trinajstić information content (AvgIpc) is 3.01. The molecule has 0 saturated carbocycles. The number of ether oxygens (including phenoxy) is 1. The van der Waals surface area contributed by atoms with Crippen LogP contribution in [0.3, 0.4) is 0 Å². The molecule has 0 N–H and O–H groups in total. The Labute approximate surface area is 147 Å². The monoisotopic (exact) mass is 335 g/mol. The zero-order valence-corrected chi connectivity index (χ0v) is 14.5. The van der Waals surface area contributed by atoms with Gasteiger partial charge in [-0.25, -0.2) is 9.48 Å². The predicted molar refractivity (Wildman–Crippen MR) is 95.9 cm³/mol. The first-order valence-corrected chi connectivity index (χ1v) is 8.35. The molecular weight excluding hydrogens is 314 g/mol. The summed E-state index contributed by atoms with van der Waals surface area (Å²) in [5.41, 5.74) is 4.15. The molecule has 0 bridgehead atoms. The van der Waals surface area contributed by atoms with Crippen molar-refractivity contribution >= 4 is 5.97 Å². The van der Waals surface area contributed by atoms with Crippen molar-refractivity contribution in [2.45, 2.75) is 26.7 Å². The molecule has 2 heterocycles. The number of aryl methyl sites for hydroxylation is 3. The van der Waals surface area contributed by atoms with Crippen LogP contribution >= 0.6 is 0 Å². The number of pyridine rings is 1. The third-order valence-electron chi connectivity index (χ3n) is 3.85. The summed E-state index contributed by atoms with van der Waals surface area (Å²) in [4.78, 5) is 16.6. The van der Waals surface area contributed by atoms with Crippen LogP contribution in [0.15, 0.2) is 54.6 Å². The summed E-state index contributed by atoms with van der Waals surface area (Å²) < 4.78 is 7.09. The molecule has 0 radical (unpaired) electrons. The average molecular weight is 335 g/mol. The van der Waals surface area contributed by atoms with E-state index in [0.717, 1.165) is 35.6 Å². The van der Waals surface area contributed by atoms with E-state index in [4.69, 9.17) is 4.74 Å². The summed E-state index contributed by atoms with van der Waals surface area (Å²) >= 11 is 0. The van der Waals surface area contributed by atoms with Gasteiger partial charge in [0, 0.05) is 17.1 Å². The molecule has 0 aliphatic heterocycles. The molecular formula is C20H21N3O2. The number of benzene rings is 1. The van der Waals surface area contributed by atoms with E-state index in [1.165, 1.54) is 0 Å². The number of esters is 1. The smallest absolute Gasteiger partial charge is 0.358 e. The fourth-order valence-corrected chi connectivity index (χ4v) is 2.64. The predicted octanol–water partition coefficient (Wildman–Crippen LogP) is 3.67. The number of para-hydroxylation sites is 1. The van der Waals surface area contributed by atoms with Crippen molar-refractivity contribution in [1.29, 1.82) is 0 Å². The van der Waals surface area contributed by atoms with Crippen LogP contribution in [0, 0.1) is 13.8 Å². The van der Waals surface area contributed by atoms with Gasteiger partial charge < -0.3 is 4.74 Å². The Morgan fingerprint density at radius 3 is 2.64 bits per heavy atom. The quantitative estimate of drug-likeness (QED) is 0.509. The van der Waals surface area contributed by atoms with Gasteiger partial charge in [-0.1, -0.05) is 24.3 Å². The van der Waals surface area contributed by atoms with Crippen molar-refractivity contribution in [2.24, 2.45) is 0 Å². The summed E-state index contributed by atoms with van der Waals surface area (Å²) in [6.45, 7) is 4.24. The van der Waals surface area contributed by atoms with Crippen LogP contribution in [0.25, 0.3) is 5.69 Å². The largest absolute Gasteiger partial charge is 0.461 e. The first-order valence-electron chi connectivity index (χ1n) is 8.35. The van der Waals surface area contributed by atoms with E-state index in [-0.39, 0.29) is 0 Å². The molecule has 0 aliphatic rings. The first-order chi connectivity index (χ1) is 12.1. The van der Waals surface area contributed by atoms with Gasteiger partial charge in [0.2, 0.25) is 0 Å². The SMILES string of the molecule is Cc1cccc(CCCOC(=O)c2cc(C)n(-c3ccccc3)n2)n1. The van der Waals surface area contributed by atoms with E-state index in [1.54, 1.807) is 10.7 Å². The molecule has 0 amide bonds. The minimum absolute atomic E-state index is 0.329. The van der Waals surface area contributed by atoms with Crippen LogP contribution in [0.1, 0.15) is 34.0 Å². The Bertz CT molecular complexity index is 856. The molecule has 0 atom stereocenters. The highest BCUT2D eigenvalue weighted by Gasteiger charge is 2.14. The number of hydrogen-bond donors (Lipinski definition) is 0. The number of rotatable bonds is 6. The molecule has 0 unspecified atom stereocenters. The molecule has 128 valence electrons. The Hall–Kier alpha value is -2.95. The molecule has 0 spiro atoms. The van der Waals surface area contributed by atoms with Gasteiger partial charge in [-0.15, -0.1) is 0 Å². The summed E-state index contributed by atoms with van der Waals surface area (Å²) in [5, 5.41) is 4.36.